The Bertz CT molecular complexity index is 1180. The summed E-state index contributed by atoms with van der Waals surface area (Å²) in [6, 6.07) is 6.78. The Hall–Kier alpha value is -3.66. The molecule has 0 aliphatic heterocycles. The van der Waals surface area contributed by atoms with Crippen molar-refractivity contribution in [2.75, 3.05) is 14.2 Å². The molecule has 1 N–H and O–H groups in total. The van der Waals surface area contributed by atoms with Crippen molar-refractivity contribution >= 4 is 34.2 Å². The van der Waals surface area contributed by atoms with Crippen LogP contribution in [-0.2, 0) is 11.3 Å². The number of H-pyrrole nitrogens is 1. The fraction of sp³-hybridized carbons (Fsp3) is 0.167. The van der Waals surface area contributed by atoms with Gasteiger partial charge in [-0.05, 0) is 18.2 Å². The van der Waals surface area contributed by atoms with E-state index in [9.17, 15) is 19.7 Å². The molecule has 0 fully saturated rings. The van der Waals surface area contributed by atoms with E-state index in [2.05, 4.69) is 9.97 Å². The van der Waals surface area contributed by atoms with Gasteiger partial charge in [0, 0.05) is 11.1 Å². The van der Waals surface area contributed by atoms with E-state index < -0.39 is 28.7 Å². The number of aromatic amines is 1. The van der Waals surface area contributed by atoms with Crippen LogP contribution >= 0.6 is 11.6 Å². The first-order chi connectivity index (χ1) is 13.8. The summed E-state index contributed by atoms with van der Waals surface area (Å²) in [5.74, 6) is -0.724. The maximum absolute atomic E-state index is 12.4. The highest BCUT2D eigenvalue weighted by Crippen LogP contribution is 2.34. The van der Waals surface area contributed by atoms with Crippen molar-refractivity contribution in [2.45, 2.75) is 6.61 Å². The van der Waals surface area contributed by atoms with Crippen molar-refractivity contribution in [3.8, 4) is 11.5 Å². The molecule has 150 valence electrons. The smallest absolute Gasteiger partial charge is 0.345 e. The Morgan fingerprint density at radius 1 is 1.21 bits per heavy atom. The molecule has 0 saturated heterocycles. The Morgan fingerprint density at radius 2 is 1.90 bits per heavy atom. The highest BCUT2D eigenvalue weighted by molar-refractivity contribution is 6.31. The third kappa shape index (κ3) is 4.11. The van der Waals surface area contributed by atoms with Crippen LogP contribution in [0.15, 0.2) is 35.1 Å². The summed E-state index contributed by atoms with van der Waals surface area (Å²) in [6.45, 7) is -0.415. The maximum atomic E-state index is 12.4. The molecule has 0 saturated carbocycles. The number of nitro groups is 1. The second-order valence-corrected chi connectivity index (χ2v) is 6.17. The number of aromatic nitrogens is 2. The van der Waals surface area contributed by atoms with E-state index in [-0.39, 0.29) is 22.9 Å². The molecular weight excluding hydrogens is 406 g/mol. The Balaban J connectivity index is 1.90. The molecule has 0 atom stereocenters. The van der Waals surface area contributed by atoms with Gasteiger partial charge in [-0.3, -0.25) is 14.9 Å². The molecular formula is C18H14ClN3O7. The lowest BCUT2D eigenvalue weighted by atomic mass is 10.1. The second kappa shape index (κ2) is 8.15. The number of carbonyl (C=O) groups is 1. The van der Waals surface area contributed by atoms with E-state index >= 15 is 0 Å². The number of methoxy groups -OCH3 is 2. The number of hydrogen-bond acceptors (Lipinski definition) is 8. The molecule has 1 aromatic heterocycles. The van der Waals surface area contributed by atoms with Crippen LogP contribution in [0.2, 0.25) is 5.02 Å². The largest absolute Gasteiger partial charge is 0.493 e. The quantitative estimate of drug-likeness (QED) is 0.366. The Kier molecular flexibility index (Phi) is 5.64. The average Bonchev–Trinajstić information content (AvgIpc) is 2.70. The lowest BCUT2D eigenvalue weighted by Gasteiger charge is -2.10. The van der Waals surface area contributed by atoms with Crippen LogP contribution in [0.5, 0.6) is 11.5 Å². The van der Waals surface area contributed by atoms with Gasteiger partial charge in [-0.25, -0.2) is 9.78 Å². The lowest BCUT2D eigenvalue weighted by Crippen LogP contribution is -2.15. The summed E-state index contributed by atoms with van der Waals surface area (Å²) in [6.07, 6.45) is 0. The second-order valence-electron chi connectivity index (χ2n) is 5.73. The molecule has 0 amide bonds. The number of halogens is 1. The molecule has 1 heterocycles. The molecule has 0 unspecified atom stereocenters. The van der Waals surface area contributed by atoms with Gasteiger partial charge in [0.25, 0.3) is 11.2 Å². The molecule has 29 heavy (non-hydrogen) atoms. The normalized spacial score (nSPS) is 10.6. The molecule has 10 nitrogen and oxygen atoms in total. The third-order valence-electron chi connectivity index (χ3n) is 3.98. The zero-order chi connectivity index (χ0) is 21.1. The number of fused-ring (bicyclic) bond motifs is 1. The van der Waals surface area contributed by atoms with Gasteiger partial charge in [0.05, 0.1) is 36.1 Å². The predicted octanol–water partition coefficient (Wildman–Crippen LogP) is 2.86. The van der Waals surface area contributed by atoms with Crippen molar-refractivity contribution in [3.63, 3.8) is 0 Å². The first kappa shape index (κ1) is 20.1. The van der Waals surface area contributed by atoms with Crippen molar-refractivity contribution in [1.29, 1.82) is 0 Å². The van der Waals surface area contributed by atoms with Crippen molar-refractivity contribution < 1.29 is 23.9 Å². The first-order valence-corrected chi connectivity index (χ1v) is 8.47. The van der Waals surface area contributed by atoms with Crippen LogP contribution in [0.25, 0.3) is 10.9 Å². The van der Waals surface area contributed by atoms with Crippen LogP contribution in [0.1, 0.15) is 16.2 Å². The number of nitrogens with one attached hydrogen (secondary N) is 1. The van der Waals surface area contributed by atoms with Crippen LogP contribution in [-0.4, -0.2) is 35.1 Å². The summed E-state index contributed by atoms with van der Waals surface area (Å²) in [5, 5.41) is 12.0. The summed E-state index contributed by atoms with van der Waals surface area (Å²) in [5.41, 5.74) is -0.961. The Morgan fingerprint density at radius 3 is 2.55 bits per heavy atom. The van der Waals surface area contributed by atoms with Crippen LogP contribution in [0.3, 0.4) is 0 Å². The third-order valence-corrected chi connectivity index (χ3v) is 4.21. The van der Waals surface area contributed by atoms with E-state index in [1.54, 1.807) is 6.07 Å². The van der Waals surface area contributed by atoms with E-state index in [1.165, 1.54) is 26.4 Å². The molecule has 0 radical (unpaired) electrons. The average molecular weight is 420 g/mol. The summed E-state index contributed by atoms with van der Waals surface area (Å²) in [7, 11) is 2.64. The molecule has 11 heteroatoms. The fourth-order valence-electron chi connectivity index (χ4n) is 2.62. The van der Waals surface area contributed by atoms with Gasteiger partial charge < -0.3 is 19.2 Å². The number of benzene rings is 2. The van der Waals surface area contributed by atoms with Gasteiger partial charge in [-0.1, -0.05) is 11.6 Å². The van der Waals surface area contributed by atoms with Gasteiger partial charge in [-0.2, -0.15) is 0 Å². The van der Waals surface area contributed by atoms with Crippen molar-refractivity contribution in [3.05, 3.63) is 67.2 Å². The zero-order valence-corrected chi connectivity index (χ0v) is 16.0. The van der Waals surface area contributed by atoms with Crippen LogP contribution in [0.4, 0.5) is 5.69 Å². The number of hydrogen-bond donors (Lipinski definition) is 1. The molecule has 0 aliphatic rings. The van der Waals surface area contributed by atoms with Crippen molar-refractivity contribution in [2.24, 2.45) is 0 Å². The van der Waals surface area contributed by atoms with E-state index in [0.717, 1.165) is 12.1 Å². The number of carbonyl (C=O) groups excluding carboxylic acids is 1. The first-order valence-electron chi connectivity index (χ1n) is 8.10. The Labute approximate surface area is 168 Å². The number of rotatable bonds is 6. The molecule has 0 spiro atoms. The molecule has 0 bridgehead atoms. The minimum absolute atomic E-state index is 0.0567. The summed E-state index contributed by atoms with van der Waals surface area (Å²) >= 11 is 5.91. The number of nitro benzene ring substituents is 1. The maximum Gasteiger partial charge on any atom is 0.345 e. The molecule has 3 rings (SSSR count). The summed E-state index contributed by atoms with van der Waals surface area (Å²) < 4.78 is 15.2. The SMILES string of the molecule is COc1cc(C(=O)OCc2nc3cc(Cl)ccc3c(=O)[nH]2)c([N+](=O)[O-])cc1OC. The predicted molar refractivity (Wildman–Crippen MR) is 103 cm³/mol. The van der Waals surface area contributed by atoms with Crippen LogP contribution < -0.4 is 15.0 Å². The van der Waals surface area contributed by atoms with Crippen LogP contribution in [0, 0.1) is 10.1 Å². The van der Waals surface area contributed by atoms with Crippen molar-refractivity contribution in [1.82, 2.24) is 9.97 Å². The van der Waals surface area contributed by atoms with E-state index in [4.69, 9.17) is 25.8 Å². The van der Waals surface area contributed by atoms with E-state index in [0.29, 0.717) is 15.9 Å². The monoisotopic (exact) mass is 419 g/mol. The molecule has 3 aromatic rings. The molecule has 2 aromatic carbocycles. The fourth-order valence-corrected chi connectivity index (χ4v) is 2.79. The highest BCUT2D eigenvalue weighted by atomic mass is 35.5. The highest BCUT2D eigenvalue weighted by Gasteiger charge is 2.26. The topological polar surface area (TPSA) is 134 Å². The number of ether oxygens (including phenoxy) is 3. The molecule has 0 aliphatic carbocycles. The zero-order valence-electron chi connectivity index (χ0n) is 15.2. The van der Waals surface area contributed by atoms with Gasteiger partial charge in [-0.15, -0.1) is 0 Å². The van der Waals surface area contributed by atoms with Gasteiger partial charge in [0.15, 0.2) is 11.5 Å². The van der Waals surface area contributed by atoms with E-state index in [1.807, 2.05) is 0 Å². The number of nitrogens with zero attached hydrogens (tertiary/aromatic N) is 2. The van der Waals surface area contributed by atoms with Gasteiger partial charge >= 0.3 is 5.97 Å². The minimum Gasteiger partial charge on any atom is -0.493 e. The standard InChI is InChI=1S/C18H14ClN3O7/c1-27-14-6-11(13(22(25)26)7-15(14)28-2)18(24)29-8-16-20-12-5-9(19)3-4-10(12)17(23)21-16/h3-7H,8H2,1-2H3,(H,20,21,23). The summed E-state index contributed by atoms with van der Waals surface area (Å²) in [4.78, 5) is 41.8. The van der Waals surface area contributed by atoms with Gasteiger partial charge in [0.1, 0.15) is 18.0 Å². The minimum atomic E-state index is -0.994. The number of esters is 1. The lowest BCUT2D eigenvalue weighted by molar-refractivity contribution is -0.385. The van der Waals surface area contributed by atoms with Gasteiger partial charge in [0.2, 0.25) is 0 Å².